The molecule has 0 aromatic heterocycles. The minimum Gasteiger partial charge on any atom is -0.370 e. The highest BCUT2D eigenvalue weighted by Crippen LogP contribution is 1.89. The van der Waals surface area contributed by atoms with Crippen LogP contribution in [0.25, 0.3) is 0 Å². The second-order valence-corrected chi connectivity index (χ2v) is 5.51. The SMILES string of the molecule is CC=CC=CC=CC=CC=CC=CC=CC=CC=CC=COS(=O)(=O)O. The van der Waals surface area contributed by atoms with Gasteiger partial charge in [0.15, 0.2) is 0 Å². The van der Waals surface area contributed by atoms with Crippen molar-refractivity contribution in [1.82, 2.24) is 0 Å². The van der Waals surface area contributed by atoms with Gasteiger partial charge in [-0.05, 0) is 13.0 Å². The summed E-state index contributed by atoms with van der Waals surface area (Å²) in [5, 5.41) is 0. The highest BCUT2D eigenvalue weighted by atomic mass is 32.3. The zero-order chi connectivity index (χ0) is 19.3. The van der Waals surface area contributed by atoms with E-state index < -0.39 is 10.4 Å². The van der Waals surface area contributed by atoms with E-state index in [-0.39, 0.29) is 0 Å². The summed E-state index contributed by atoms with van der Waals surface area (Å²) in [5.41, 5.74) is 0. The van der Waals surface area contributed by atoms with Gasteiger partial charge in [-0.3, -0.25) is 4.55 Å². The minimum absolute atomic E-state index is 0.870. The third-order valence-electron chi connectivity index (χ3n) is 2.34. The molecule has 0 aromatic carbocycles. The summed E-state index contributed by atoms with van der Waals surface area (Å²) in [6.45, 7) is 1.97. The molecule has 0 spiro atoms. The number of rotatable bonds is 11. The van der Waals surface area contributed by atoms with E-state index in [1.807, 2.05) is 98.1 Å². The normalized spacial score (nSPS) is 14.8. The molecule has 26 heavy (non-hydrogen) atoms. The van der Waals surface area contributed by atoms with E-state index in [0.717, 1.165) is 6.26 Å². The lowest BCUT2D eigenvalue weighted by Gasteiger charge is -1.89. The molecule has 0 atom stereocenters. The van der Waals surface area contributed by atoms with Crippen molar-refractivity contribution in [3.63, 3.8) is 0 Å². The van der Waals surface area contributed by atoms with Gasteiger partial charge in [-0.2, -0.15) is 8.42 Å². The molecule has 0 unspecified atom stereocenters. The van der Waals surface area contributed by atoms with Crippen LogP contribution in [-0.4, -0.2) is 13.0 Å². The van der Waals surface area contributed by atoms with Crippen molar-refractivity contribution in [2.24, 2.45) is 0 Å². The van der Waals surface area contributed by atoms with Crippen molar-refractivity contribution in [2.45, 2.75) is 6.92 Å². The van der Waals surface area contributed by atoms with E-state index >= 15 is 0 Å². The predicted molar refractivity (Wildman–Crippen MR) is 110 cm³/mol. The molecule has 0 aromatic rings. The van der Waals surface area contributed by atoms with Crippen LogP contribution in [0, 0.1) is 0 Å². The maximum absolute atomic E-state index is 10.2. The first-order chi connectivity index (χ1) is 12.6. The van der Waals surface area contributed by atoms with E-state index in [1.165, 1.54) is 6.08 Å². The average Bonchev–Trinajstić information content (AvgIpc) is 2.59. The van der Waals surface area contributed by atoms with Gasteiger partial charge < -0.3 is 4.18 Å². The lowest BCUT2D eigenvalue weighted by Crippen LogP contribution is -1.96. The fraction of sp³-hybridized carbons (Fsp3) is 0.0476. The van der Waals surface area contributed by atoms with E-state index in [0.29, 0.717) is 0 Å². The van der Waals surface area contributed by atoms with Crippen LogP contribution in [0.1, 0.15) is 6.92 Å². The molecule has 0 heterocycles. The van der Waals surface area contributed by atoms with Crippen LogP contribution in [0.2, 0.25) is 0 Å². The second kappa shape index (κ2) is 17.0. The molecule has 5 heteroatoms. The summed E-state index contributed by atoms with van der Waals surface area (Å²) in [6.07, 6.45) is 36.1. The molecule has 0 amide bonds. The van der Waals surface area contributed by atoms with Crippen molar-refractivity contribution in [2.75, 3.05) is 0 Å². The van der Waals surface area contributed by atoms with Gasteiger partial charge in [0, 0.05) is 0 Å². The quantitative estimate of drug-likeness (QED) is 0.302. The topological polar surface area (TPSA) is 63.6 Å². The molecule has 138 valence electrons. The Balaban J connectivity index is 3.96. The van der Waals surface area contributed by atoms with Gasteiger partial charge in [0.05, 0.1) is 0 Å². The molecule has 0 rings (SSSR count). The van der Waals surface area contributed by atoms with E-state index in [2.05, 4.69) is 4.18 Å². The Morgan fingerprint density at radius 2 is 0.808 bits per heavy atom. The Morgan fingerprint density at radius 3 is 1.08 bits per heavy atom. The average molecular weight is 372 g/mol. The van der Waals surface area contributed by atoms with Gasteiger partial charge in [0.2, 0.25) is 0 Å². The van der Waals surface area contributed by atoms with Crippen molar-refractivity contribution < 1.29 is 17.2 Å². The predicted octanol–water partition coefficient (Wildman–Crippen LogP) is 5.35. The van der Waals surface area contributed by atoms with Gasteiger partial charge in [-0.25, -0.2) is 0 Å². The van der Waals surface area contributed by atoms with Gasteiger partial charge in [0.25, 0.3) is 0 Å². The number of allylic oxidation sites excluding steroid dienone is 19. The molecule has 0 aliphatic rings. The first-order valence-corrected chi connectivity index (χ1v) is 9.19. The lowest BCUT2D eigenvalue weighted by molar-refractivity contribution is 0.356. The van der Waals surface area contributed by atoms with Crippen LogP contribution in [0.5, 0.6) is 0 Å². The molecule has 0 saturated carbocycles. The van der Waals surface area contributed by atoms with Gasteiger partial charge in [0.1, 0.15) is 6.26 Å². The van der Waals surface area contributed by atoms with Crippen LogP contribution in [0.15, 0.2) is 122 Å². The van der Waals surface area contributed by atoms with Gasteiger partial charge in [-0.1, -0.05) is 109 Å². The second-order valence-electron chi connectivity index (χ2n) is 4.46. The maximum atomic E-state index is 10.2. The van der Waals surface area contributed by atoms with Gasteiger partial charge in [-0.15, -0.1) is 0 Å². The summed E-state index contributed by atoms with van der Waals surface area (Å²) in [6, 6.07) is 0. The molecule has 0 aliphatic carbocycles. The molecule has 0 bridgehead atoms. The van der Waals surface area contributed by atoms with Crippen LogP contribution in [0.4, 0.5) is 0 Å². The fourth-order valence-corrected chi connectivity index (χ4v) is 1.49. The Bertz CT molecular complexity index is 754. The highest BCUT2D eigenvalue weighted by Gasteiger charge is 1.97. The first kappa shape index (κ1) is 23.1. The van der Waals surface area contributed by atoms with Crippen LogP contribution in [-0.2, 0) is 14.6 Å². The van der Waals surface area contributed by atoms with E-state index in [9.17, 15) is 8.42 Å². The standard InChI is InChI=1S/C21H24O4S/c1-2-3-4-5-6-7-8-9-10-11-12-13-14-15-16-17-18-19-20-21-25-26(22,23)24/h2-21H,1H3,(H,22,23,24). The number of hydrogen-bond acceptors (Lipinski definition) is 3. The Morgan fingerprint density at radius 1 is 0.538 bits per heavy atom. The van der Waals surface area contributed by atoms with Crippen LogP contribution < -0.4 is 0 Å². The largest absolute Gasteiger partial charge is 0.445 e. The summed E-state index contributed by atoms with van der Waals surface area (Å²) in [7, 11) is -4.42. The molecular formula is C21H24O4S. The minimum atomic E-state index is -4.42. The molecule has 0 saturated heterocycles. The van der Waals surface area contributed by atoms with Crippen LogP contribution in [0.3, 0.4) is 0 Å². The zero-order valence-corrected chi connectivity index (χ0v) is 15.4. The Hall–Kier alpha value is -2.89. The van der Waals surface area contributed by atoms with Crippen LogP contribution >= 0.6 is 0 Å². The van der Waals surface area contributed by atoms with Crippen molar-refractivity contribution in [3.8, 4) is 0 Å². The highest BCUT2D eigenvalue weighted by molar-refractivity contribution is 7.81. The molecule has 0 aliphatic heterocycles. The molecule has 0 radical (unpaired) electrons. The molecule has 1 N–H and O–H groups in total. The zero-order valence-electron chi connectivity index (χ0n) is 14.6. The Labute approximate surface area is 156 Å². The third-order valence-corrected chi connectivity index (χ3v) is 2.69. The van der Waals surface area contributed by atoms with Crippen molar-refractivity contribution >= 4 is 10.4 Å². The summed E-state index contributed by atoms with van der Waals surface area (Å²) < 4.78 is 32.8. The monoisotopic (exact) mass is 372 g/mol. The maximum Gasteiger partial charge on any atom is 0.445 e. The smallest absolute Gasteiger partial charge is 0.370 e. The molecule has 4 nitrogen and oxygen atoms in total. The summed E-state index contributed by atoms with van der Waals surface area (Å²) >= 11 is 0. The molecule has 0 fully saturated rings. The summed E-state index contributed by atoms with van der Waals surface area (Å²) in [5.74, 6) is 0. The van der Waals surface area contributed by atoms with E-state index in [4.69, 9.17) is 4.55 Å². The number of hydrogen-bond donors (Lipinski definition) is 1. The first-order valence-electron chi connectivity index (χ1n) is 7.83. The fourth-order valence-electron chi connectivity index (χ4n) is 1.29. The van der Waals surface area contributed by atoms with Crippen molar-refractivity contribution in [1.29, 1.82) is 0 Å². The van der Waals surface area contributed by atoms with E-state index in [1.54, 1.807) is 18.2 Å². The van der Waals surface area contributed by atoms with Crippen molar-refractivity contribution in [3.05, 3.63) is 122 Å². The lowest BCUT2D eigenvalue weighted by atomic mass is 10.3. The molecular weight excluding hydrogens is 348 g/mol. The van der Waals surface area contributed by atoms with Gasteiger partial charge >= 0.3 is 10.4 Å². The Kier molecular flexibility index (Phi) is 15.1. The third kappa shape index (κ3) is 21.1. The summed E-state index contributed by atoms with van der Waals surface area (Å²) in [4.78, 5) is 0.